The van der Waals surface area contributed by atoms with Crippen molar-refractivity contribution in [2.75, 3.05) is 4.90 Å². The van der Waals surface area contributed by atoms with Crippen LogP contribution in [0, 0.1) is 13.8 Å². The van der Waals surface area contributed by atoms with Crippen molar-refractivity contribution >= 4 is 33.2 Å². The summed E-state index contributed by atoms with van der Waals surface area (Å²) in [5.74, 6) is 0.573. The topological polar surface area (TPSA) is 121 Å². The summed E-state index contributed by atoms with van der Waals surface area (Å²) in [6.45, 7) is 7.85. The largest absolute Gasteiger partial charge is 0.310 e. The Bertz CT molecular complexity index is 2470. The van der Waals surface area contributed by atoms with Crippen LogP contribution in [0.1, 0.15) is 43.6 Å². The van der Waals surface area contributed by atoms with Crippen molar-refractivity contribution in [3.63, 3.8) is 0 Å². The average Bonchev–Trinajstić information content (AvgIpc) is 3.73. The number of aryl methyl sites for hydroxylation is 2. The average molecular weight is 779 g/mol. The van der Waals surface area contributed by atoms with Crippen molar-refractivity contribution in [2.24, 2.45) is 0 Å². The Morgan fingerprint density at radius 2 is 1.43 bits per heavy atom. The van der Waals surface area contributed by atoms with Crippen LogP contribution in [-0.2, 0) is 11.2 Å². The van der Waals surface area contributed by atoms with Gasteiger partial charge in [-0.15, -0.1) is 5.10 Å². The molecule has 0 bridgehead atoms. The lowest BCUT2D eigenvalue weighted by Crippen LogP contribution is -2.33. The standard InChI is InChI=1S/C44H40BrN7O2/c1-5-6-24-34-37(31-20-12-8-13-21-31)39(35-26-46-29(4)47-43(35)53)40(42-48-50-51-49-42)41(52(44(54)28(3)45)32-22-14-9-15-23-32)38(34)33-25-16-17-27(2)36(33)30-18-10-7-11-19-30/h7-23,25-26,28H,5-6,24H2,1-4H3,(H,46,47,53)(H,48,49,50,51). The highest BCUT2D eigenvalue weighted by Gasteiger charge is 2.36. The third-order valence-electron chi connectivity index (χ3n) is 9.60. The van der Waals surface area contributed by atoms with Crippen molar-refractivity contribution in [3.05, 3.63) is 143 Å². The fourth-order valence-electron chi connectivity index (χ4n) is 7.24. The van der Waals surface area contributed by atoms with Crippen LogP contribution < -0.4 is 10.5 Å². The van der Waals surface area contributed by atoms with Crippen LogP contribution in [0.5, 0.6) is 0 Å². The molecule has 5 aromatic carbocycles. The first-order chi connectivity index (χ1) is 26.3. The molecule has 0 fully saturated rings. The number of rotatable bonds is 11. The number of alkyl halides is 1. The number of unbranched alkanes of at least 4 members (excludes halogenated alkanes) is 1. The van der Waals surface area contributed by atoms with E-state index in [2.05, 4.69) is 103 Å². The van der Waals surface area contributed by atoms with Crippen LogP contribution in [0.3, 0.4) is 0 Å². The Labute approximate surface area is 322 Å². The van der Waals surface area contributed by atoms with E-state index in [1.807, 2.05) is 73.7 Å². The van der Waals surface area contributed by atoms with Gasteiger partial charge in [0.25, 0.3) is 5.56 Å². The number of halogens is 1. The first kappa shape index (κ1) is 36.4. The number of hydrogen-bond donors (Lipinski definition) is 2. The summed E-state index contributed by atoms with van der Waals surface area (Å²) >= 11 is 3.64. The number of tetrazole rings is 1. The fraction of sp³-hybridized carbons (Fsp3) is 0.182. The molecule has 2 N–H and O–H groups in total. The summed E-state index contributed by atoms with van der Waals surface area (Å²) in [5, 5.41) is 15.6. The molecule has 1 amide bonds. The molecule has 54 heavy (non-hydrogen) atoms. The maximum atomic E-state index is 14.9. The molecule has 0 saturated carbocycles. The van der Waals surface area contributed by atoms with E-state index in [0.29, 0.717) is 46.1 Å². The van der Waals surface area contributed by atoms with Gasteiger partial charge in [-0.3, -0.25) is 14.5 Å². The van der Waals surface area contributed by atoms with E-state index in [9.17, 15) is 9.59 Å². The number of aromatic amines is 2. The van der Waals surface area contributed by atoms with Gasteiger partial charge in [0, 0.05) is 23.0 Å². The number of carbonyl (C=O) groups is 1. The smallest absolute Gasteiger partial charge is 0.258 e. The van der Waals surface area contributed by atoms with Gasteiger partial charge in [0.2, 0.25) is 5.91 Å². The molecule has 9 nitrogen and oxygen atoms in total. The zero-order valence-corrected chi connectivity index (χ0v) is 32.2. The molecule has 1 unspecified atom stereocenters. The zero-order chi connectivity index (χ0) is 37.8. The van der Waals surface area contributed by atoms with Gasteiger partial charge in [0.15, 0.2) is 5.82 Å². The first-order valence-corrected chi connectivity index (χ1v) is 19.0. The molecule has 0 spiro atoms. The summed E-state index contributed by atoms with van der Waals surface area (Å²) in [6.07, 6.45) is 4.02. The highest BCUT2D eigenvalue weighted by atomic mass is 79.9. The van der Waals surface area contributed by atoms with Crippen molar-refractivity contribution in [3.8, 4) is 55.9 Å². The number of aromatic nitrogens is 6. The normalized spacial score (nSPS) is 11.7. The van der Waals surface area contributed by atoms with E-state index in [1.165, 1.54) is 0 Å². The third kappa shape index (κ3) is 6.92. The number of nitrogens with zero attached hydrogens (tertiary/aromatic N) is 5. The molecule has 0 aliphatic rings. The van der Waals surface area contributed by atoms with E-state index in [1.54, 1.807) is 18.0 Å². The highest BCUT2D eigenvalue weighted by molar-refractivity contribution is 9.10. The SMILES string of the molecule is CCCCc1c(-c2ccccc2)c(-c2cnc(C)[nH]c2=O)c(-c2nnn[nH]2)c(N(C(=O)C(C)Br)c2ccccc2)c1-c1cccc(C)c1-c1ccccc1. The second-order valence-electron chi connectivity index (χ2n) is 13.2. The number of amides is 1. The lowest BCUT2D eigenvalue weighted by molar-refractivity contribution is -0.117. The summed E-state index contributed by atoms with van der Waals surface area (Å²) in [6, 6.07) is 36.3. The third-order valence-corrected chi connectivity index (χ3v) is 9.99. The fourth-order valence-corrected chi connectivity index (χ4v) is 7.45. The van der Waals surface area contributed by atoms with Gasteiger partial charge in [0.1, 0.15) is 5.82 Å². The van der Waals surface area contributed by atoms with Crippen molar-refractivity contribution in [2.45, 2.75) is 51.8 Å². The van der Waals surface area contributed by atoms with Gasteiger partial charge in [-0.25, -0.2) is 10.1 Å². The Balaban J connectivity index is 1.83. The summed E-state index contributed by atoms with van der Waals surface area (Å²) in [7, 11) is 0. The molecule has 7 rings (SSSR count). The number of anilines is 2. The summed E-state index contributed by atoms with van der Waals surface area (Å²) in [4.78, 5) is 37.9. The van der Waals surface area contributed by atoms with Crippen LogP contribution in [0.15, 0.2) is 120 Å². The van der Waals surface area contributed by atoms with Gasteiger partial charge >= 0.3 is 0 Å². The lowest BCUT2D eigenvalue weighted by Gasteiger charge is -2.34. The summed E-state index contributed by atoms with van der Waals surface area (Å²) in [5.41, 5.74) is 9.95. The van der Waals surface area contributed by atoms with Gasteiger partial charge in [0.05, 0.1) is 21.6 Å². The molecular weight excluding hydrogens is 738 g/mol. The molecule has 270 valence electrons. The number of nitrogens with one attached hydrogen (secondary N) is 2. The van der Waals surface area contributed by atoms with E-state index >= 15 is 0 Å². The van der Waals surface area contributed by atoms with Gasteiger partial charge < -0.3 is 4.98 Å². The molecule has 2 heterocycles. The predicted octanol–water partition coefficient (Wildman–Crippen LogP) is 10.0. The Morgan fingerprint density at radius 1 is 0.778 bits per heavy atom. The molecular formula is C44H40BrN7O2. The maximum Gasteiger partial charge on any atom is 0.258 e. The Hall–Kier alpha value is -6.00. The molecule has 0 radical (unpaired) electrons. The van der Waals surface area contributed by atoms with Crippen LogP contribution >= 0.6 is 15.9 Å². The minimum Gasteiger partial charge on any atom is -0.310 e. The van der Waals surface area contributed by atoms with Crippen LogP contribution in [0.25, 0.3) is 55.9 Å². The van der Waals surface area contributed by atoms with Crippen molar-refractivity contribution < 1.29 is 4.79 Å². The van der Waals surface area contributed by atoms with Gasteiger partial charge in [-0.05, 0) is 95.1 Å². The van der Waals surface area contributed by atoms with Gasteiger partial charge in [-0.1, -0.05) is 126 Å². The van der Waals surface area contributed by atoms with Crippen molar-refractivity contribution in [1.82, 2.24) is 30.6 Å². The van der Waals surface area contributed by atoms with Crippen molar-refractivity contribution in [1.29, 1.82) is 0 Å². The highest BCUT2D eigenvalue weighted by Crippen LogP contribution is 2.55. The molecule has 10 heteroatoms. The molecule has 1 atom stereocenters. The number of para-hydroxylation sites is 1. The number of H-pyrrole nitrogens is 2. The van der Waals surface area contributed by atoms with E-state index in [4.69, 9.17) is 0 Å². The quantitative estimate of drug-likeness (QED) is 0.126. The van der Waals surface area contributed by atoms with E-state index < -0.39 is 4.83 Å². The molecule has 2 aromatic heterocycles. The number of carbonyl (C=O) groups excluding carboxylic acids is 1. The molecule has 7 aromatic rings. The first-order valence-electron chi connectivity index (χ1n) is 18.1. The second kappa shape index (κ2) is 15.9. The maximum absolute atomic E-state index is 14.9. The summed E-state index contributed by atoms with van der Waals surface area (Å²) < 4.78 is 0. The monoisotopic (exact) mass is 777 g/mol. The minimum atomic E-state index is -0.585. The molecule has 0 saturated heterocycles. The second-order valence-corrected chi connectivity index (χ2v) is 14.6. The van der Waals surface area contributed by atoms with E-state index in [0.717, 1.165) is 57.3 Å². The van der Waals surface area contributed by atoms with E-state index in [-0.39, 0.29) is 11.5 Å². The lowest BCUT2D eigenvalue weighted by atomic mass is 9.77. The number of benzene rings is 5. The number of hydrogen-bond acceptors (Lipinski definition) is 6. The van der Waals surface area contributed by atoms with Crippen LogP contribution in [-0.4, -0.2) is 41.3 Å². The molecule has 0 aliphatic heterocycles. The van der Waals surface area contributed by atoms with Crippen LogP contribution in [0.2, 0.25) is 0 Å². The molecule has 0 aliphatic carbocycles. The van der Waals surface area contributed by atoms with Crippen LogP contribution in [0.4, 0.5) is 11.4 Å². The Morgan fingerprint density at radius 3 is 2.02 bits per heavy atom. The predicted molar refractivity (Wildman–Crippen MR) is 220 cm³/mol. The Kier molecular flexibility index (Phi) is 10.7. The van der Waals surface area contributed by atoms with Gasteiger partial charge in [-0.2, -0.15) is 0 Å². The zero-order valence-electron chi connectivity index (χ0n) is 30.6. The minimum absolute atomic E-state index is 0.208.